The van der Waals surface area contributed by atoms with E-state index in [2.05, 4.69) is 78.6 Å². The average molecular weight is 479 g/mol. The molecule has 2 aliphatic carbocycles. The van der Waals surface area contributed by atoms with Crippen LogP contribution in [-0.2, 0) is 30.6 Å². The Morgan fingerprint density at radius 1 is 1.12 bits per heavy atom. The van der Waals surface area contributed by atoms with Crippen molar-refractivity contribution in [2.24, 2.45) is 5.41 Å². The molecule has 0 fully saturated rings. The van der Waals surface area contributed by atoms with Crippen molar-refractivity contribution in [1.82, 2.24) is 0 Å². The molecule has 0 aliphatic heterocycles. The van der Waals surface area contributed by atoms with Crippen molar-refractivity contribution < 1.29 is 55.4 Å². The molecule has 2 rings (SSSR count). The molecule has 0 spiro atoms. The third-order valence-electron chi connectivity index (χ3n) is 4.23. The Kier molecular flexibility index (Phi) is 15.6. The molecule has 0 heterocycles. The first-order chi connectivity index (χ1) is 10.0. The molecular formula is C20H32Cl2OSiZr. The van der Waals surface area contributed by atoms with Gasteiger partial charge in [-0.3, -0.25) is 12.2 Å². The van der Waals surface area contributed by atoms with E-state index < -0.39 is 8.32 Å². The molecule has 0 N–H and O–H groups in total. The van der Waals surface area contributed by atoms with Gasteiger partial charge in [-0.25, -0.2) is 17.2 Å². The molecule has 0 aromatic rings. The molecule has 140 valence electrons. The van der Waals surface area contributed by atoms with Crippen LogP contribution in [0.2, 0.25) is 19.6 Å². The monoisotopic (exact) mass is 476 g/mol. The van der Waals surface area contributed by atoms with Crippen LogP contribution >= 0.6 is 0 Å². The van der Waals surface area contributed by atoms with Crippen LogP contribution in [0.4, 0.5) is 0 Å². The summed E-state index contributed by atoms with van der Waals surface area (Å²) in [5.74, 6) is 0. The van der Waals surface area contributed by atoms with E-state index in [1.165, 1.54) is 22.3 Å². The van der Waals surface area contributed by atoms with Crippen LogP contribution in [0, 0.1) is 17.6 Å². The van der Waals surface area contributed by atoms with Gasteiger partial charge in [0.05, 0.1) is 0 Å². The second-order valence-corrected chi connectivity index (χ2v) is 12.2. The molecule has 0 unspecified atom stereocenters. The summed E-state index contributed by atoms with van der Waals surface area (Å²) in [4.78, 5) is 0. The number of halogens is 2. The summed E-state index contributed by atoms with van der Waals surface area (Å²) in [5, 5.41) is 0. The standard InChI is InChI=1S/C10H17OSi.C10H15.2ClH.Zr/c1-12(2,3)11-9-8-10-6-4-5-7-10;1-7-6-10(4,5)9(3)8(7)2;;;/h4,6H,5,8-9H2,1-3H3;1-5H3;2*1H;/q2*-1;;;+4/p-2. The minimum atomic E-state index is -1.29. The van der Waals surface area contributed by atoms with Crippen LogP contribution in [0.1, 0.15) is 47.5 Å². The van der Waals surface area contributed by atoms with Gasteiger partial charge in [0, 0.05) is 6.61 Å². The zero-order valence-electron chi connectivity index (χ0n) is 16.9. The molecule has 0 saturated heterocycles. The molecule has 2 aliphatic rings. The van der Waals surface area contributed by atoms with Crippen molar-refractivity contribution in [3.05, 3.63) is 46.6 Å². The zero-order chi connectivity index (χ0) is 17.0. The van der Waals surface area contributed by atoms with Crippen LogP contribution in [0.15, 0.2) is 34.4 Å². The van der Waals surface area contributed by atoms with Gasteiger partial charge in [-0.1, -0.05) is 33.1 Å². The second-order valence-electron chi connectivity index (χ2n) is 7.64. The van der Waals surface area contributed by atoms with E-state index in [1.807, 2.05) is 0 Å². The number of hydrogen-bond donors (Lipinski definition) is 0. The fourth-order valence-corrected chi connectivity index (χ4v) is 3.21. The molecular weight excluding hydrogens is 446 g/mol. The van der Waals surface area contributed by atoms with Gasteiger partial charge in [-0.05, 0) is 26.1 Å². The van der Waals surface area contributed by atoms with Gasteiger partial charge in [-0.15, -0.1) is 13.3 Å². The van der Waals surface area contributed by atoms with Gasteiger partial charge in [0.1, 0.15) is 0 Å². The maximum atomic E-state index is 5.74. The predicted octanol–water partition coefficient (Wildman–Crippen LogP) is 0.0351. The van der Waals surface area contributed by atoms with Crippen molar-refractivity contribution >= 4 is 8.32 Å². The quantitative estimate of drug-likeness (QED) is 0.410. The van der Waals surface area contributed by atoms with E-state index >= 15 is 0 Å². The summed E-state index contributed by atoms with van der Waals surface area (Å²) < 4.78 is 5.74. The van der Waals surface area contributed by atoms with Crippen LogP contribution in [0.25, 0.3) is 0 Å². The number of rotatable bonds is 4. The average Bonchev–Trinajstić information content (AvgIpc) is 2.93. The molecule has 0 amide bonds. The van der Waals surface area contributed by atoms with E-state index in [4.69, 9.17) is 4.43 Å². The Hall–Kier alpha value is 0.600. The fourth-order valence-electron chi connectivity index (χ4n) is 2.50. The van der Waals surface area contributed by atoms with E-state index in [0.29, 0.717) is 0 Å². The normalized spacial score (nSPS) is 17.4. The fraction of sp³-hybridized carbons (Fsp3) is 0.600. The molecule has 0 bridgehead atoms. The summed E-state index contributed by atoms with van der Waals surface area (Å²) in [5.41, 5.74) is 5.71. The Bertz CT molecular complexity index is 526. The first kappa shape index (κ1) is 30.3. The van der Waals surface area contributed by atoms with Crippen molar-refractivity contribution in [3.8, 4) is 0 Å². The summed E-state index contributed by atoms with van der Waals surface area (Å²) in [7, 11) is -1.29. The molecule has 25 heavy (non-hydrogen) atoms. The van der Waals surface area contributed by atoms with Crippen molar-refractivity contribution in [2.45, 2.75) is 67.1 Å². The Balaban J connectivity index is -0.000000350. The molecule has 5 heteroatoms. The largest absolute Gasteiger partial charge is 4.00 e. The van der Waals surface area contributed by atoms with E-state index in [0.717, 1.165) is 19.4 Å². The molecule has 1 nitrogen and oxygen atoms in total. The molecule has 0 aromatic heterocycles. The van der Waals surface area contributed by atoms with Gasteiger partial charge in [0.25, 0.3) is 0 Å². The van der Waals surface area contributed by atoms with E-state index in [1.54, 1.807) is 0 Å². The second kappa shape index (κ2) is 12.9. The molecule has 0 saturated carbocycles. The Labute approximate surface area is 188 Å². The first-order valence-electron chi connectivity index (χ1n) is 8.23. The summed E-state index contributed by atoms with van der Waals surface area (Å²) >= 11 is 0. The van der Waals surface area contributed by atoms with Crippen LogP contribution < -0.4 is 24.8 Å². The molecule has 0 aromatic carbocycles. The van der Waals surface area contributed by atoms with Crippen LogP contribution in [0.5, 0.6) is 0 Å². The minimum Gasteiger partial charge on any atom is -1.00 e. The summed E-state index contributed by atoms with van der Waals surface area (Å²) in [6.45, 7) is 18.4. The Morgan fingerprint density at radius 2 is 1.68 bits per heavy atom. The smallest absolute Gasteiger partial charge is 1.00 e. The minimum absolute atomic E-state index is 0. The van der Waals surface area contributed by atoms with E-state index in [-0.39, 0.29) is 56.4 Å². The third-order valence-corrected chi connectivity index (χ3v) is 5.31. The van der Waals surface area contributed by atoms with Gasteiger partial charge < -0.3 is 29.2 Å². The topological polar surface area (TPSA) is 9.23 Å². The van der Waals surface area contributed by atoms with Gasteiger partial charge in [0.2, 0.25) is 0 Å². The molecule has 0 atom stereocenters. The maximum absolute atomic E-state index is 5.74. The van der Waals surface area contributed by atoms with Gasteiger partial charge in [0.15, 0.2) is 8.32 Å². The van der Waals surface area contributed by atoms with Gasteiger partial charge in [-0.2, -0.15) is 17.2 Å². The molecule has 0 radical (unpaired) electrons. The predicted molar refractivity (Wildman–Crippen MR) is 99.0 cm³/mol. The van der Waals surface area contributed by atoms with Crippen molar-refractivity contribution in [1.29, 1.82) is 0 Å². The summed E-state index contributed by atoms with van der Waals surface area (Å²) in [6.07, 6.45) is 13.0. The van der Waals surface area contributed by atoms with E-state index in [9.17, 15) is 0 Å². The van der Waals surface area contributed by atoms with Crippen molar-refractivity contribution in [2.75, 3.05) is 6.61 Å². The Morgan fingerprint density at radius 3 is 1.96 bits per heavy atom. The van der Waals surface area contributed by atoms with Gasteiger partial charge >= 0.3 is 26.2 Å². The van der Waals surface area contributed by atoms with Crippen molar-refractivity contribution in [3.63, 3.8) is 0 Å². The summed E-state index contributed by atoms with van der Waals surface area (Å²) in [6, 6.07) is 0. The zero-order valence-corrected chi connectivity index (χ0v) is 21.9. The third kappa shape index (κ3) is 11.1. The van der Waals surface area contributed by atoms with Crippen LogP contribution in [0.3, 0.4) is 0 Å². The number of hydrogen-bond acceptors (Lipinski definition) is 1. The first-order valence-corrected chi connectivity index (χ1v) is 11.6. The SMILES string of the molecule is CC1=[C-]C(C)(C)C(C)=C1C.C[Si](C)(C)OCCC1=[C-]CC=C1.[Cl-].[Cl-].[Zr+4]. The van der Waals surface area contributed by atoms with Crippen LogP contribution in [-0.4, -0.2) is 14.9 Å². The maximum Gasteiger partial charge on any atom is 4.00 e. The number of allylic oxidation sites excluding steroid dienone is 7.